The Bertz CT molecular complexity index is 1260. The third-order valence-electron chi connectivity index (χ3n) is 5.19. The fourth-order valence-electron chi connectivity index (χ4n) is 3.90. The molecule has 150 valence electrons. The van der Waals surface area contributed by atoms with Crippen molar-refractivity contribution in [3.63, 3.8) is 0 Å². The third kappa shape index (κ3) is 2.89. The van der Waals surface area contributed by atoms with Crippen LogP contribution in [0.15, 0.2) is 23.1 Å². The first kappa shape index (κ1) is 18.9. The molecule has 0 fully saturated rings. The minimum absolute atomic E-state index is 0.0426. The van der Waals surface area contributed by atoms with Gasteiger partial charge in [0.25, 0.3) is 11.5 Å². The summed E-state index contributed by atoms with van der Waals surface area (Å²) in [6, 6.07) is 2.24. The van der Waals surface area contributed by atoms with Crippen molar-refractivity contribution in [3.8, 4) is 16.9 Å². The summed E-state index contributed by atoms with van der Waals surface area (Å²) in [6.45, 7) is 4.50. The van der Waals surface area contributed by atoms with Crippen LogP contribution in [0.25, 0.3) is 22.2 Å². The summed E-state index contributed by atoms with van der Waals surface area (Å²) < 4.78 is 17.3. The number of primary amides is 1. The number of carbonyl (C=O) groups excluding carboxylic acids is 2. The molecule has 0 saturated heterocycles. The van der Waals surface area contributed by atoms with Crippen molar-refractivity contribution < 1.29 is 19.1 Å². The van der Waals surface area contributed by atoms with Gasteiger partial charge in [0, 0.05) is 24.7 Å². The summed E-state index contributed by atoms with van der Waals surface area (Å²) in [6.07, 6.45) is 2.80. The summed E-state index contributed by atoms with van der Waals surface area (Å²) in [5.74, 6) is -2.27. The highest BCUT2D eigenvalue weighted by Gasteiger charge is 2.32. The molecule has 0 radical (unpaired) electrons. The Morgan fingerprint density at radius 3 is 2.79 bits per heavy atom. The van der Waals surface area contributed by atoms with Gasteiger partial charge in [-0.2, -0.15) is 0 Å². The average molecular weight is 398 g/mol. The lowest BCUT2D eigenvalue weighted by molar-refractivity contribution is -0.108. The van der Waals surface area contributed by atoms with Crippen LogP contribution in [0.4, 0.5) is 4.39 Å². The van der Waals surface area contributed by atoms with Crippen LogP contribution in [0, 0.1) is 11.2 Å². The maximum absolute atomic E-state index is 14.2. The molecule has 9 heteroatoms. The fourth-order valence-corrected chi connectivity index (χ4v) is 3.90. The minimum Gasteiger partial charge on any atom is -0.504 e. The Kier molecular flexibility index (Phi) is 4.07. The van der Waals surface area contributed by atoms with Gasteiger partial charge in [-0.25, -0.2) is 9.37 Å². The summed E-state index contributed by atoms with van der Waals surface area (Å²) in [5.41, 5.74) is 5.20. The number of aromatic hydroxyl groups is 1. The van der Waals surface area contributed by atoms with Crippen LogP contribution in [0.1, 0.15) is 30.0 Å². The molecule has 3 N–H and O–H groups in total. The van der Waals surface area contributed by atoms with E-state index in [-0.39, 0.29) is 28.5 Å². The monoisotopic (exact) mass is 398 g/mol. The van der Waals surface area contributed by atoms with Gasteiger partial charge in [-0.05, 0) is 23.1 Å². The molecule has 29 heavy (non-hydrogen) atoms. The molecule has 1 aromatic carbocycles. The van der Waals surface area contributed by atoms with Gasteiger partial charge < -0.3 is 20.2 Å². The first-order chi connectivity index (χ1) is 13.6. The second kappa shape index (κ2) is 6.26. The number of hydrogen-bond acceptors (Lipinski definition) is 5. The number of rotatable bonds is 4. The summed E-state index contributed by atoms with van der Waals surface area (Å²) in [7, 11) is 0. The van der Waals surface area contributed by atoms with E-state index in [9.17, 15) is 23.9 Å². The van der Waals surface area contributed by atoms with Crippen molar-refractivity contribution in [2.24, 2.45) is 11.1 Å². The van der Waals surface area contributed by atoms with Crippen molar-refractivity contribution in [2.75, 3.05) is 0 Å². The second-order valence-corrected chi connectivity index (χ2v) is 8.04. The highest BCUT2D eigenvalue weighted by molar-refractivity contribution is 5.99. The van der Waals surface area contributed by atoms with Crippen LogP contribution in [-0.2, 0) is 24.3 Å². The van der Waals surface area contributed by atoms with Gasteiger partial charge in [-0.15, -0.1) is 0 Å². The number of aldehydes is 1. The second-order valence-electron chi connectivity index (χ2n) is 8.04. The molecule has 0 spiro atoms. The van der Waals surface area contributed by atoms with Crippen molar-refractivity contribution in [1.29, 1.82) is 0 Å². The van der Waals surface area contributed by atoms with E-state index >= 15 is 0 Å². The molecule has 2 aromatic heterocycles. The van der Waals surface area contributed by atoms with Crippen molar-refractivity contribution in [1.82, 2.24) is 14.1 Å². The van der Waals surface area contributed by atoms with E-state index in [1.54, 1.807) is 4.57 Å². The molecule has 0 unspecified atom stereocenters. The molecule has 1 aliphatic heterocycles. The van der Waals surface area contributed by atoms with Crippen LogP contribution in [0.3, 0.4) is 0 Å². The first-order valence-corrected chi connectivity index (χ1v) is 9.02. The van der Waals surface area contributed by atoms with Gasteiger partial charge in [-0.1, -0.05) is 13.8 Å². The molecule has 3 aromatic rings. The van der Waals surface area contributed by atoms with Gasteiger partial charge >= 0.3 is 0 Å². The third-order valence-corrected chi connectivity index (χ3v) is 5.19. The number of nitrogens with zero attached hydrogens (tertiary/aromatic N) is 3. The molecule has 1 amide bonds. The lowest BCUT2D eigenvalue weighted by atomic mass is 9.92. The number of amides is 1. The lowest BCUT2D eigenvalue weighted by Gasteiger charge is -2.13. The number of nitrogens with two attached hydrogens (primary N) is 1. The fraction of sp³-hybridized carbons (Fsp3) is 0.300. The predicted molar refractivity (Wildman–Crippen MR) is 103 cm³/mol. The zero-order chi connectivity index (χ0) is 21.1. The van der Waals surface area contributed by atoms with Gasteiger partial charge in [-0.3, -0.25) is 14.2 Å². The van der Waals surface area contributed by atoms with Gasteiger partial charge in [0.05, 0.1) is 17.5 Å². The summed E-state index contributed by atoms with van der Waals surface area (Å²) >= 11 is 0. The van der Waals surface area contributed by atoms with Crippen molar-refractivity contribution in [2.45, 2.75) is 33.4 Å². The van der Waals surface area contributed by atoms with Crippen molar-refractivity contribution >= 4 is 23.2 Å². The Hall–Kier alpha value is -3.49. The standard InChI is InChI=1S/C20H19FN4O4/c1-20(2)7-14-23-18-15(19(29)25(14)9-20)12(8-24(18)3-4-26)10-5-11(17(22)28)16(27)13(21)6-10/h4-6,8,27H,3,7,9H2,1-2H3,(H2,22,28). The van der Waals surface area contributed by atoms with Gasteiger partial charge in [0.15, 0.2) is 11.6 Å². The molecule has 0 bridgehead atoms. The molecule has 0 aliphatic carbocycles. The zero-order valence-corrected chi connectivity index (χ0v) is 15.9. The SMILES string of the molecule is CC1(C)Cc2nc3c(c(-c4cc(F)c(O)c(C(N)=O)c4)cn3CC=O)c(=O)n2C1. The highest BCUT2D eigenvalue weighted by Crippen LogP contribution is 2.35. The quantitative estimate of drug-likeness (QED) is 0.647. The van der Waals surface area contributed by atoms with Crippen LogP contribution in [0.2, 0.25) is 0 Å². The number of aromatic nitrogens is 3. The van der Waals surface area contributed by atoms with E-state index < -0.39 is 23.0 Å². The number of fused-ring (bicyclic) bond motifs is 2. The number of hydrogen-bond donors (Lipinski definition) is 2. The number of halogens is 1. The number of carbonyl (C=O) groups is 2. The number of benzene rings is 1. The molecule has 8 nitrogen and oxygen atoms in total. The summed E-state index contributed by atoms with van der Waals surface area (Å²) in [5, 5.41) is 9.99. The van der Waals surface area contributed by atoms with E-state index in [2.05, 4.69) is 4.98 Å². The van der Waals surface area contributed by atoms with Crippen LogP contribution < -0.4 is 11.3 Å². The molecule has 3 heterocycles. The van der Waals surface area contributed by atoms with Gasteiger partial charge in [0.2, 0.25) is 0 Å². The molecular formula is C20H19FN4O4. The number of phenols is 1. The van der Waals surface area contributed by atoms with Crippen LogP contribution >= 0.6 is 0 Å². The van der Waals surface area contributed by atoms with E-state index in [0.717, 1.165) is 6.07 Å². The Morgan fingerprint density at radius 1 is 1.41 bits per heavy atom. The molecular weight excluding hydrogens is 379 g/mol. The van der Waals surface area contributed by atoms with E-state index in [4.69, 9.17) is 5.73 Å². The molecule has 4 rings (SSSR count). The minimum atomic E-state index is -1.04. The molecule has 1 aliphatic rings. The predicted octanol–water partition coefficient (Wildman–Crippen LogP) is 1.59. The van der Waals surface area contributed by atoms with Crippen LogP contribution in [-0.4, -0.2) is 31.4 Å². The maximum atomic E-state index is 14.2. The van der Waals surface area contributed by atoms with Crippen molar-refractivity contribution in [3.05, 3.63) is 45.9 Å². The van der Waals surface area contributed by atoms with E-state index in [0.29, 0.717) is 36.3 Å². The van der Waals surface area contributed by atoms with E-state index in [1.807, 2.05) is 13.8 Å². The van der Waals surface area contributed by atoms with E-state index in [1.165, 1.54) is 16.8 Å². The molecule has 0 saturated carbocycles. The smallest absolute Gasteiger partial charge is 0.263 e. The average Bonchev–Trinajstić information content (AvgIpc) is 3.14. The Balaban J connectivity index is 2.06. The molecule has 0 atom stereocenters. The Labute approximate surface area is 164 Å². The maximum Gasteiger partial charge on any atom is 0.263 e. The highest BCUT2D eigenvalue weighted by atomic mass is 19.1. The normalized spacial score (nSPS) is 14.9. The topological polar surface area (TPSA) is 120 Å². The van der Waals surface area contributed by atoms with Crippen LogP contribution in [0.5, 0.6) is 5.75 Å². The largest absolute Gasteiger partial charge is 0.504 e. The van der Waals surface area contributed by atoms with Gasteiger partial charge in [0.1, 0.15) is 17.8 Å². The first-order valence-electron chi connectivity index (χ1n) is 9.02. The lowest BCUT2D eigenvalue weighted by Crippen LogP contribution is -2.23. The zero-order valence-electron chi connectivity index (χ0n) is 15.9. The summed E-state index contributed by atoms with van der Waals surface area (Å²) in [4.78, 5) is 40.6. The Morgan fingerprint density at radius 2 is 2.14 bits per heavy atom.